The second-order valence-electron chi connectivity index (χ2n) is 9.92. The van der Waals surface area contributed by atoms with Crippen LogP contribution in [0.4, 0.5) is 4.79 Å². The predicted octanol–water partition coefficient (Wildman–Crippen LogP) is -0.164. The minimum atomic E-state index is -1.56. The van der Waals surface area contributed by atoms with E-state index < -0.39 is 35.8 Å². The molecule has 1 fully saturated rings. The standard InChI is InChI=1S/C25H37N7O6/c1-25(2,37)20-14-29-31-32(20)17-12-19(28-13-17)23(35)30-18(21(33)22(26)34)10-6-7-11-27-24(36)38-15-16-8-4-3-5-9-16/h3-5,8-9,14,17-19,21,28,33,37H,6-7,10-13,15H2,1-2H3,(H2,26,34)(H,27,36)(H,30,35)/t17-,18?,19-,21?/m0/s1. The van der Waals surface area contributed by atoms with Gasteiger partial charge in [-0.3, -0.25) is 9.59 Å². The van der Waals surface area contributed by atoms with Crippen LogP contribution in [-0.4, -0.2) is 74.4 Å². The molecular formula is C25H37N7O6. The van der Waals surface area contributed by atoms with E-state index in [2.05, 4.69) is 26.3 Å². The van der Waals surface area contributed by atoms with Crippen LogP contribution in [0.15, 0.2) is 36.5 Å². The molecule has 2 aromatic rings. The number of unbranched alkanes of at least 4 members (excludes halogenated alkanes) is 1. The number of primary amides is 1. The molecule has 1 aliphatic rings. The quantitative estimate of drug-likeness (QED) is 0.190. The van der Waals surface area contributed by atoms with Crippen molar-refractivity contribution in [2.75, 3.05) is 13.1 Å². The van der Waals surface area contributed by atoms with E-state index in [1.54, 1.807) is 18.5 Å². The van der Waals surface area contributed by atoms with Gasteiger partial charge in [-0.15, -0.1) is 5.10 Å². The SMILES string of the molecule is CC(C)(O)c1cnnn1[C@@H]1CN[C@H](C(=O)NC(CCCCNC(=O)OCc2ccccc2)C(O)C(N)=O)C1. The van der Waals surface area contributed by atoms with Crippen LogP contribution in [0.2, 0.25) is 0 Å². The van der Waals surface area contributed by atoms with Crippen LogP contribution in [-0.2, 0) is 26.5 Å². The number of hydrogen-bond donors (Lipinski definition) is 6. The number of aliphatic hydroxyl groups is 2. The van der Waals surface area contributed by atoms with Gasteiger partial charge in [-0.25, -0.2) is 9.48 Å². The van der Waals surface area contributed by atoms with Gasteiger partial charge in [0.2, 0.25) is 11.8 Å². The monoisotopic (exact) mass is 531 g/mol. The summed E-state index contributed by atoms with van der Waals surface area (Å²) in [5, 5.41) is 37.1. The molecule has 3 rings (SSSR count). The first-order valence-electron chi connectivity index (χ1n) is 12.6. The number of nitrogens with one attached hydrogen (secondary N) is 3. The van der Waals surface area contributed by atoms with Crippen LogP contribution in [0.3, 0.4) is 0 Å². The van der Waals surface area contributed by atoms with Crippen molar-refractivity contribution >= 4 is 17.9 Å². The topological polar surface area (TPSA) is 194 Å². The van der Waals surface area contributed by atoms with E-state index >= 15 is 0 Å². The van der Waals surface area contributed by atoms with Gasteiger partial charge in [0.15, 0.2) is 6.10 Å². The molecule has 208 valence electrons. The van der Waals surface area contributed by atoms with Crippen molar-refractivity contribution in [2.24, 2.45) is 5.73 Å². The largest absolute Gasteiger partial charge is 0.445 e. The maximum absolute atomic E-state index is 12.9. The average Bonchev–Trinajstić information content (AvgIpc) is 3.56. The summed E-state index contributed by atoms with van der Waals surface area (Å²) in [7, 11) is 0. The number of hydrogen-bond acceptors (Lipinski definition) is 9. The molecule has 3 amide bonds. The first kappa shape index (κ1) is 29.0. The summed E-state index contributed by atoms with van der Waals surface area (Å²) in [6, 6.07) is 7.62. The molecule has 2 heterocycles. The number of aromatic nitrogens is 3. The van der Waals surface area contributed by atoms with Gasteiger partial charge in [0.1, 0.15) is 12.2 Å². The molecular weight excluding hydrogens is 494 g/mol. The van der Waals surface area contributed by atoms with Gasteiger partial charge in [-0.1, -0.05) is 35.5 Å². The van der Waals surface area contributed by atoms with Gasteiger partial charge in [-0.05, 0) is 45.1 Å². The van der Waals surface area contributed by atoms with Crippen molar-refractivity contribution in [3.63, 3.8) is 0 Å². The Labute approximate surface area is 221 Å². The van der Waals surface area contributed by atoms with Crippen molar-refractivity contribution in [3.8, 4) is 0 Å². The van der Waals surface area contributed by atoms with Crippen molar-refractivity contribution in [1.82, 2.24) is 30.9 Å². The summed E-state index contributed by atoms with van der Waals surface area (Å²) < 4.78 is 6.76. The third-order valence-corrected chi connectivity index (χ3v) is 6.40. The number of rotatable bonds is 13. The highest BCUT2D eigenvalue weighted by Gasteiger charge is 2.36. The number of aliphatic hydroxyl groups excluding tert-OH is 1. The minimum Gasteiger partial charge on any atom is -0.445 e. The van der Waals surface area contributed by atoms with E-state index in [0.29, 0.717) is 38.0 Å². The number of nitrogens with zero attached hydrogens (tertiary/aromatic N) is 3. The predicted molar refractivity (Wildman–Crippen MR) is 136 cm³/mol. The third kappa shape index (κ3) is 8.23. The fourth-order valence-electron chi connectivity index (χ4n) is 4.30. The van der Waals surface area contributed by atoms with Crippen LogP contribution >= 0.6 is 0 Å². The lowest BCUT2D eigenvalue weighted by Crippen LogP contribution is -2.53. The lowest BCUT2D eigenvalue weighted by molar-refractivity contribution is -0.130. The zero-order chi connectivity index (χ0) is 27.7. The van der Waals surface area contributed by atoms with E-state index in [1.807, 2.05) is 30.3 Å². The Hall–Kier alpha value is -3.55. The summed E-state index contributed by atoms with van der Waals surface area (Å²) in [4.78, 5) is 36.4. The first-order chi connectivity index (χ1) is 18.1. The van der Waals surface area contributed by atoms with Gasteiger partial charge in [0, 0.05) is 13.1 Å². The molecule has 38 heavy (non-hydrogen) atoms. The molecule has 0 bridgehead atoms. The number of benzene rings is 1. The van der Waals surface area contributed by atoms with Gasteiger partial charge >= 0.3 is 6.09 Å². The minimum absolute atomic E-state index is 0.164. The number of carbonyl (C=O) groups is 3. The fourth-order valence-corrected chi connectivity index (χ4v) is 4.30. The van der Waals surface area contributed by atoms with Crippen LogP contribution in [0.1, 0.15) is 56.8 Å². The van der Waals surface area contributed by atoms with Crippen molar-refractivity contribution in [3.05, 3.63) is 47.8 Å². The Kier molecular flexibility index (Phi) is 10.2. The fraction of sp³-hybridized carbons (Fsp3) is 0.560. The van der Waals surface area contributed by atoms with Crippen molar-refractivity contribution in [2.45, 2.75) is 76.0 Å². The van der Waals surface area contributed by atoms with Crippen molar-refractivity contribution < 1.29 is 29.3 Å². The van der Waals surface area contributed by atoms with E-state index in [0.717, 1.165) is 5.56 Å². The third-order valence-electron chi connectivity index (χ3n) is 6.40. The van der Waals surface area contributed by atoms with Crippen LogP contribution in [0, 0.1) is 0 Å². The summed E-state index contributed by atoms with van der Waals surface area (Å²) in [5.41, 5.74) is 5.56. The summed E-state index contributed by atoms with van der Waals surface area (Å²) in [6.07, 6.45) is 1.09. The second-order valence-corrected chi connectivity index (χ2v) is 9.92. The van der Waals surface area contributed by atoms with Gasteiger partial charge in [-0.2, -0.15) is 0 Å². The molecule has 0 radical (unpaired) electrons. The highest BCUT2D eigenvalue weighted by atomic mass is 16.5. The molecule has 1 aliphatic heterocycles. The summed E-state index contributed by atoms with van der Waals surface area (Å²) in [6.45, 7) is 4.19. The lowest BCUT2D eigenvalue weighted by atomic mass is 10.0. The zero-order valence-corrected chi connectivity index (χ0v) is 21.7. The maximum Gasteiger partial charge on any atom is 0.407 e. The van der Waals surface area contributed by atoms with Crippen LogP contribution in [0.25, 0.3) is 0 Å². The molecule has 13 heteroatoms. The highest BCUT2D eigenvalue weighted by Crippen LogP contribution is 2.26. The Morgan fingerprint density at radius 1 is 1.26 bits per heavy atom. The number of nitrogens with two attached hydrogens (primary N) is 1. The van der Waals surface area contributed by atoms with E-state index in [9.17, 15) is 24.6 Å². The molecule has 7 N–H and O–H groups in total. The molecule has 0 saturated carbocycles. The molecule has 0 aliphatic carbocycles. The average molecular weight is 532 g/mol. The normalized spacial score (nSPS) is 18.9. The van der Waals surface area contributed by atoms with Crippen molar-refractivity contribution in [1.29, 1.82) is 0 Å². The second kappa shape index (κ2) is 13.3. The Balaban J connectivity index is 1.44. The Morgan fingerprint density at radius 3 is 2.68 bits per heavy atom. The molecule has 1 aromatic heterocycles. The Morgan fingerprint density at radius 2 is 2.00 bits per heavy atom. The molecule has 1 aromatic carbocycles. The van der Waals surface area contributed by atoms with E-state index in [-0.39, 0.29) is 25.0 Å². The number of amides is 3. The zero-order valence-electron chi connectivity index (χ0n) is 21.7. The van der Waals surface area contributed by atoms with Gasteiger partial charge in [0.25, 0.3) is 0 Å². The Bertz CT molecular complexity index is 1070. The van der Waals surface area contributed by atoms with Crippen LogP contribution < -0.4 is 21.7 Å². The number of ether oxygens (including phenoxy) is 1. The molecule has 13 nitrogen and oxygen atoms in total. The number of alkyl carbamates (subject to hydrolysis) is 1. The van der Waals surface area contributed by atoms with Crippen LogP contribution in [0.5, 0.6) is 0 Å². The maximum atomic E-state index is 12.9. The molecule has 4 atom stereocenters. The van der Waals surface area contributed by atoms with Gasteiger partial charge in [0.05, 0.1) is 30.0 Å². The summed E-state index contributed by atoms with van der Waals surface area (Å²) >= 11 is 0. The van der Waals surface area contributed by atoms with Gasteiger partial charge < -0.3 is 36.6 Å². The van der Waals surface area contributed by atoms with E-state index in [1.165, 1.54) is 6.20 Å². The van der Waals surface area contributed by atoms with E-state index in [4.69, 9.17) is 10.5 Å². The summed E-state index contributed by atoms with van der Waals surface area (Å²) in [5.74, 6) is -1.32. The first-order valence-corrected chi connectivity index (χ1v) is 12.6. The molecule has 1 saturated heterocycles. The smallest absolute Gasteiger partial charge is 0.407 e. The lowest BCUT2D eigenvalue weighted by Gasteiger charge is -2.24. The number of carbonyl (C=O) groups excluding carboxylic acids is 3. The molecule has 0 spiro atoms. The highest BCUT2D eigenvalue weighted by molar-refractivity contribution is 5.84. The molecule has 2 unspecified atom stereocenters.